The fourth-order valence-corrected chi connectivity index (χ4v) is 5.34. The highest BCUT2D eigenvalue weighted by atomic mass is 32.2. The van der Waals surface area contributed by atoms with Crippen molar-refractivity contribution in [3.05, 3.63) is 29.8 Å². The van der Waals surface area contributed by atoms with Crippen LogP contribution in [0.15, 0.2) is 29.2 Å². The number of nitrogens with zero attached hydrogens (tertiary/aromatic N) is 2. The van der Waals surface area contributed by atoms with Crippen molar-refractivity contribution in [2.24, 2.45) is 5.92 Å². The zero-order valence-corrected chi connectivity index (χ0v) is 15.1. The Hall–Kier alpha value is -0.910. The molecule has 0 aliphatic carbocycles. The van der Waals surface area contributed by atoms with Crippen LogP contribution in [0.2, 0.25) is 0 Å². The SMILES string of the molecule is Cc1cccc(S(=O)(=O)N2CCC(N3CCC(C)CC3)CC2)c1. The van der Waals surface area contributed by atoms with Crippen LogP contribution in [0.4, 0.5) is 0 Å². The molecule has 0 unspecified atom stereocenters. The molecule has 1 aromatic carbocycles. The first-order valence-electron chi connectivity index (χ1n) is 8.77. The molecule has 0 spiro atoms. The van der Waals surface area contributed by atoms with Gasteiger partial charge in [0.1, 0.15) is 0 Å². The highest BCUT2D eigenvalue weighted by Crippen LogP contribution is 2.26. The average Bonchev–Trinajstić information content (AvgIpc) is 2.56. The lowest BCUT2D eigenvalue weighted by Gasteiger charge is -2.41. The Morgan fingerprint density at radius 2 is 1.65 bits per heavy atom. The lowest BCUT2D eigenvalue weighted by atomic mass is 9.95. The molecule has 0 aromatic heterocycles. The quantitative estimate of drug-likeness (QED) is 0.852. The van der Waals surface area contributed by atoms with Gasteiger partial charge >= 0.3 is 0 Å². The minimum Gasteiger partial charge on any atom is -0.300 e. The topological polar surface area (TPSA) is 40.6 Å². The number of hydrogen-bond donors (Lipinski definition) is 0. The maximum absolute atomic E-state index is 12.8. The van der Waals surface area contributed by atoms with E-state index in [4.69, 9.17) is 0 Å². The molecule has 2 fully saturated rings. The summed E-state index contributed by atoms with van der Waals surface area (Å²) in [6.45, 7) is 7.91. The third kappa shape index (κ3) is 3.78. The predicted molar refractivity (Wildman–Crippen MR) is 92.9 cm³/mol. The van der Waals surface area contributed by atoms with Gasteiger partial charge in [-0.3, -0.25) is 0 Å². The molecule has 3 rings (SSSR count). The van der Waals surface area contributed by atoms with Gasteiger partial charge in [0.25, 0.3) is 0 Å². The Kier molecular flexibility index (Phi) is 5.09. The molecule has 23 heavy (non-hydrogen) atoms. The van der Waals surface area contributed by atoms with E-state index in [0.717, 1.165) is 24.3 Å². The van der Waals surface area contributed by atoms with Gasteiger partial charge in [0.05, 0.1) is 4.90 Å². The van der Waals surface area contributed by atoms with Gasteiger partial charge < -0.3 is 4.90 Å². The summed E-state index contributed by atoms with van der Waals surface area (Å²) < 4.78 is 27.2. The van der Waals surface area contributed by atoms with E-state index in [2.05, 4.69) is 11.8 Å². The van der Waals surface area contributed by atoms with E-state index in [0.29, 0.717) is 24.0 Å². The molecule has 2 aliphatic heterocycles. The van der Waals surface area contributed by atoms with Gasteiger partial charge in [0, 0.05) is 19.1 Å². The largest absolute Gasteiger partial charge is 0.300 e. The molecule has 0 radical (unpaired) electrons. The van der Waals surface area contributed by atoms with E-state index in [-0.39, 0.29) is 0 Å². The van der Waals surface area contributed by atoms with Gasteiger partial charge in [-0.15, -0.1) is 0 Å². The summed E-state index contributed by atoms with van der Waals surface area (Å²) in [6, 6.07) is 7.80. The summed E-state index contributed by atoms with van der Waals surface area (Å²) in [6.07, 6.45) is 4.47. The van der Waals surface area contributed by atoms with Crippen molar-refractivity contribution in [3.8, 4) is 0 Å². The fraction of sp³-hybridized carbons (Fsp3) is 0.667. The molecule has 0 saturated carbocycles. The van der Waals surface area contributed by atoms with Gasteiger partial charge in [-0.1, -0.05) is 19.1 Å². The van der Waals surface area contributed by atoms with E-state index >= 15 is 0 Å². The summed E-state index contributed by atoms with van der Waals surface area (Å²) in [5, 5.41) is 0. The minimum absolute atomic E-state index is 0.433. The Labute approximate surface area is 140 Å². The molecule has 1 aromatic rings. The van der Waals surface area contributed by atoms with Crippen molar-refractivity contribution in [2.75, 3.05) is 26.2 Å². The van der Waals surface area contributed by atoms with Crippen LogP contribution < -0.4 is 0 Å². The lowest BCUT2D eigenvalue weighted by molar-refractivity contribution is 0.101. The standard InChI is InChI=1S/C18H28N2O2S/c1-15-6-10-19(11-7-15)17-8-12-20(13-9-17)23(21,22)18-5-3-4-16(2)14-18/h3-5,14-15,17H,6-13H2,1-2H3. The number of likely N-dealkylation sites (tertiary alicyclic amines) is 1. The average molecular weight is 337 g/mol. The molecular weight excluding hydrogens is 308 g/mol. The van der Waals surface area contributed by atoms with Crippen LogP contribution in [0, 0.1) is 12.8 Å². The van der Waals surface area contributed by atoms with Crippen LogP contribution in [0.3, 0.4) is 0 Å². The minimum atomic E-state index is -3.33. The number of aryl methyl sites for hydroxylation is 1. The summed E-state index contributed by atoms with van der Waals surface area (Å²) in [5.41, 5.74) is 0.989. The van der Waals surface area contributed by atoms with Crippen molar-refractivity contribution in [2.45, 2.75) is 50.5 Å². The number of piperidine rings is 2. The van der Waals surface area contributed by atoms with E-state index in [1.807, 2.05) is 19.1 Å². The summed E-state index contributed by atoms with van der Waals surface area (Å²) in [4.78, 5) is 3.01. The van der Waals surface area contributed by atoms with Crippen molar-refractivity contribution < 1.29 is 8.42 Å². The lowest BCUT2D eigenvalue weighted by Crippen LogP contribution is -2.48. The van der Waals surface area contributed by atoms with Crippen molar-refractivity contribution in [1.29, 1.82) is 0 Å². The highest BCUT2D eigenvalue weighted by Gasteiger charge is 2.32. The van der Waals surface area contributed by atoms with Crippen LogP contribution in [0.1, 0.15) is 38.2 Å². The van der Waals surface area contributed by atoms with Crippen LogP contribution in [-0.2, 0) is 10.0 Å². The van der Waals surface area contributed by atoms with E-state index in [9.17, 15) is 8.42 Å². The normalized spacial score (nSPS) is 23.2. The zero-order chi connectivity index (χ0) is 16.4. The Balaban J connectivity index is 1.62. The molecule has 0 N–H and O–H groups in total. The molecule has 0 bridgehead atoms. The number of rotatable bonds is 3. The molecule has 5 heteroatoms. The zero-order valence-electron chi connectivity index (χ0n) is 14.2. The number of benzene rings is 1. The molecule has 2 aliphatic rings. The van der Waals surface area contributed by atoms with Crippen LogP contribution in [0.25, 0.3) is 0 Å². The van der Waals surface area contributed by atoms with E-state index < -0.39 is 10.0 Å². The highest BCUT2D eigenvalue weighted by molar-refractivity contribution is 7.89. The Bertz CT molecular complexity index is 628. The third-order valence-electron chi connectivity index (χ3n) is 5.39. The molecule has 2 heterocycles. The van der Waals surface area contributed by atoms with Crippen LogP contribution >= 0.6 is 0 Å². The molecule has 0 atom stereocenters. The van der Waals surface area contributed by atoms with Crippen molar-refractivity contribution in [1.82, 2.24) is 9.21 Å². The van der Waals surface area contributed by atoms with Crippen molar-refractivity contribution >= 4 is 10.0 Å². The summed E-state index contributed by atoms with van der Waals surface area (Å²) in [7, 11) is -3.33. The van der Waals surface area contributed by atoms with Crippen LogP contribution in [0.5, 0.6) is 0 Å². The molecule has 4 nitrogen and oxygen atoms in total. The second-order valence-corrected chi connectivity index (χ2v) is 9.11. The van der Waals surface area contributed by atoms with Gasteiger partial charge in [-0.25, -0.2) is 8.42 Å². The first-order valence-corrected chi connectivity index (χ1v) is 10.2. The Morgan fingerprint density at radius 3 is 2.26 bits per heavy atom. The second kappa shape index (κ2) is 6.91. The van der Waals surface area contributed by atoms with Gasteiger partial charge in [0.2, 0.25) is 10.0 Å². The smallest absolute Gasteiger partial charge is 0.243 e. The summed E-state index contributed by atoms with van der Waals surface area (Å²) >= 11 is 0. The van der Waals surface area contributed by atoms with Gasteiger partial charge in [-0.2, -0.15) is 4.31 Å². The maximum atomic E-state index is 12.8. The number of hydrogen-bond acceptors (Lipinski definition) is 3. The Morgan fingerprint density at radius 1 is 1.00 bits per heavy atom. The monoisotopic (exact) mass is 336 g/mol. The first kappa shape index (κ1) is 16.9. The predicted octanol–water partition coefficient (Wildman–Crippen LogP) is 2.88. The molecule has 0 amide bonds. The first-order chi connectivity index (χ1) is 11.0. The van der Waals surface area contributed by atoms with E-state index in [1.54, 1.807) is 16.4 Å². The number of sulfonamides is 1. The third-order valence-corrected chi connectivity index (χ3v) is 7.28. The molecule has 2 saturated heterocycles. The van der Waals surface area contributed by atoms with Crippen molar-refractivity contribution in [3.63, 3.8) is 0 Å². The van der Waals surface area contributed by atoms with Gasteiger partial charge in [0.15, 0.2) is 0 Å². The van der Waals surface area contributed by atoms with Crippen LogP contribution in [-0.4, -0.2) is 49.8 Å². The molecular formula is C18H28N2O2S. The molecule has 128 valence electrons. The van der Waals surface area contributed by atoms with Gasteiger partial charge in [-0.05, 0) is 69.3 Å². The second-order valence-electron chi connectivity index (χ2n) is 7.17. The fourth-order valence-electron chi connectivity index (χ4n) is 3.77. The van der Waals surface area contributed by atoms with E-state index in [1.165, 1.54) is 25.9 Å². The maximum Gasteiger partial charge on any atom is 0.243 e. The summed E-state index contributed by atoms with van der Waals surface area (Å²) in [5.74, 6) is 0.841.